The lowest BCUT2D eigenvalue weighted by Crippen LogP contribution is -2.37. The molecule has 0 aromatic carbocycles. The predicted octanol–water partition coefficient (Wildman–Crippen LogP) is 2.92. The quantitative estimate of drug-likeness (QED) is 0.895. The Kier molecular flexibility index (Phi) is 4.72. The fourth-order valence-corrected chi connectivity index (χ4v) is 3.89. The number of thioether (sulfide) groups is 1. The molecule has 0 bridgehead atoms. The third kappa shape index (κ3) is 3.09. The third-order valence-corrected chi connectivity index (χ3v) is 4.93. The second-order valence-electron chi connectivity index (χ2n) is 4.81. The van der Waals surface area contributed by atoms with Gasteiger partial charge in [0.1, 0.15) is 0 Å². The van der Waals surface area contributed by atoms with Crippen LogP contribution in [0.1, 0.15) is 48.8 Å². The minimum absolute atomic E-state index is 0.0816. The molecule has 2 heterocycles. The van der Waals surface area contributed by atoms with Gasteiger partial charge in [-0.1, -0.05) is 13.8 Å². The molecule has 1 amide bonds. The minimum atomic E-state index is -0.0816. The van der Waals surface area contributed by atoms with Crippen LogP contribution in [0.3, 0.4) is 0 Å². The molecule has 0 atom stereocenters. The maximum absolute atomic E-state index is 12.1. The first-order valence-electron chi connectivity index (χ1n) is 6.22. The zero-order valence-corrected chi connectivity index (χ0v) is 13.0. The summed E-state index contributed by atoms with van der Waals surface area (Å²) in [6.07, 6.45) is 2.10. The van der Waals surface area contributed by atoms with Gasteiger partial charge in [0.05, 0.1) is 10.2 Å². The molecule has 1 saturated heterocycles. The Bertz CT molecular complexity index is 427. The number of aromatic amines is 1. The van der Waals surface area contributed by atoms with Crippen molar-refractivity contribution in [3.05, 3.63) is 15.9 Å². The number of H-pyrrole nitrogens is 1. The van der Waals surface area contributed by atoms with Crippen LogP contribution in [0.25, 0.3) is 0 Å². The van der Waals surface area contributed by atoms with E-state index in [4.69, 9.17) is 0 Å². The van der Waals surface area contributed by atoms with E-state index in [1.807, 2.05) is 11.8 Å². The molecule has 1 fully saturated rings. The van der Waals surface area contributed by atoms with Gasteiger partial charge in [0.25, 0.3) is 5.91 Å². The van der Waals surface area contributed by atoms with Crippen molar-refractivity contribution in [2.75, 3.05) is 11.5 Å². The van der Waals surface area contributed by atoms with Gasteiger partial charge in [0, 0.05) is 6.04 Å². The van der Waals surface area contributed by atoms with E-state index in [9.17, 15) is 4.79 Å². The number of nitrogens with zero attached hydrogens (tertiary/aromatic N) is 1. The normalized spacial score (nSPS) is 17.1. The maximum atomic E-state index is 12.1. The molecule has 18 heavy (non-hydrogen) atoms. The van der Waals surface area contributed by atoms with Gasteiger partial charge in [0.15, 0.2) is 5.69 Å². The summed E-state index contributed by atoms with van der Waals surface area (Å²) in [7, 11) is 0. The summed E-state index contributed by atoms with van der Waals surface area (Å²) in [5.41, 5.74) is 1.44. The highest BCUT2D eigenvalue weighted by Gasteiger charge is 2.22. The van der Waals surface area contributed by atoms with Crippen molar-refractivity contribution in [3.63, 3.8) is 0 Å². The molecule has 0 saturated carbocycles. The monoisotopic (exact) mass is 331 g/mol. The number of aromatic nitrogens is 2. The van der Waals surface area contributed by atoms with Crippen molar-refractivity contribution in [1.82, 2.24) is 15.5 Å². The van der Waals surface area contributed by atoms with Crippen LogP contribution in [0.2, 0.25) is 0 Å². The van der Waals surface area contributed by atoms with E-state index >= 15 is 0 Å². The van der Waals surface area contributed by atoms with Crippen molar-refractivity contribution in [2.24, 2.45) is 0 Å². The Hall–Kier alpha value is -0.490. The van der Waals surface area contributed by atoms with Crippen LogP contribution in [-0.2, 0) is 0 Å². The van der Waals surface area contributed by atoms with Gasteiger partial charge in [-0.15, -0.1) is 0 Å². The second-order valence-corrected chi connectivity index (χ2v) is 6.83. The summed E-state index contributed by atoms with van der Waals surface area (Å²) >= 11 is 5.41. The molecule has 0 aliphatic carbocycles. The number of nitrogens with one attached hydrogen (secondary N) is 2. The second kappa shape index (κ2) is 6.10. The fourth-order valence-electron chi connectivity index (χ4n) is 1.97. The molecule has 4 nitrogen and oxygen atoms in total. The van der Waals surface area contributed by atoms with Crippen LogP contribution < -0.4 is 5.32 Å². The number of halogens is 1. The lowest BCUT2D eigenvalue weighted by molar-refractivity contribution is 0.0929. The molecule has 0 spiro atoms. The summed E-state index contributed by atoms with van der Waals surface area (Å²) < 4.78 is 0.792. The zero-order chi connectivity index (χ0) is 13.1. The van der Waals surface area contributed by atoms with Gasteiger partial charge in [-0.3, -0.25) is 9.89 Å². The van der Waals surface area contributed by atoms with E-state index in [2.05, 4.69) is 45.3 Å². The Labute approximate surface area is 120 Å². The number of rotatable bonds is 3. The average molecular weight is 332 g/mol. The van der Waals surface area contributed by atoms with E-state index in [1.54, 1.807) is 0 Å². The van der Waals surface area contributed by atoms with Gasteiger partial charge < -0.3 is 5.32 Å². The van der Waals surface area contributed by atoms with Crippen molar-refractivity contribution in [3.8, 4) is 0 Å². The predicted molar refractivity (Wildman–Crippen MR) is 78.2 cm³/mol. The van der Waals surface area contributed by atoms with Crippen molar-refractivity contribution in [2.45, 2.75) is 38.6 Å². The lowest BCUT2D eigenvalue weighted by atomic mass is 10.1. The molecular weight excluding hydrogens is 314 g/mol. The van der Waals surface area contributed by atoms with Crippen molar-refractivity contribution >= 4 is 33.6 Å². The van der Waals surface area contributed by atoms with E-state index in [0.717, 1.165) is 34.5 Å². The summed E-state index contributed by atoms with van der Waals surface area (Å²) in [5, 5.41) is 10.1. The largest absolute Gasteiger partial charge is 0.348 e. The first kappa shape index (κ1) is 13.9. The van der Waals surface area contributed by atoms with Crippen LogP contribution in [0.15, 0.2) is 4.47 Å². The van der Waals surface area contributed by atoms with E-state index < -0.39 is 0 Å². The van der Waals surface area contributed by atoms with Gasteiger partial charge in [-0.2, -0.15) is 16.9 Å². The summed E-state index contributed by atoms with van der Waals surface area (Å²) in [6.45, 7) is 4.14. The number of carbonyl (C=O) groups is 1. The first-order chi connectivity index (χ1) is 8.59. The Morgan fingerprint density at radius 1 is 1.50 bits per heavy atom. The molecule has 1 aliphatic rings. The van der Waals surface area contributed by atoms with E-state index in [0.29, 0.717) is 17.7 Å². The fraction of sp³-hybridized carbons (Fsp3) is 0.667. The number of carbonyl (C=O) groups excluding carboxylic acids is 1. The van der Waals surface area contributed by atoms with Crippen molar-refractivity contribution < 1.29 is 4.79 Å². The van der Waals surface area contributed by atoms with Gasteiger partial charge in [0.2, 0.25) is 0 Å². The highest BCUT2D eigenvalue weighted by molar-refractivity contribution is 9.10. The summed E-state index contributed by atoms with van der Waals surface area (Å²) in [6, 6.07) is 0.296. The number of hydrogen-bond acceptors (Lipinski definition) is 3. The number of hydrogen-bond donors (Lipinski definition) is 2. The van der Waals surface area contributed by atoms with Gasteiger partial charge in [-0.25, -0.2) is 0 Å². The SMILES string of the molecule is CC(C)c1[nH]nc(C(=O)NC2CCSCC2)c1Br. The van der Waals surface area contributed by atoms with Gasteiger partial charge >= 0.3 is 0 Å². The first-order valence-corrected chi connectivity index (χ1v) is 8.16. The lowest BCUT2D eigenvalue weighted by Gasteiger charge is -2.22. The van der Waals surface area contributed by atoms with Crippen LogP contribution >= 0.6 is 27.7 Å². The molecule has 1 aromatic rings. The molecule has 100 valence electrons. The molecule has 1 aromatic heterocycles. The summed E-state index contributed by atoms with van der Waals surface area (Å²) in [5.74, 6) is 2.50. The Balaban J connectivity index is 2.04. The molecule has 6 heteroatoms. The molecule has 1 aliphatic heterocycles. The van der Waals surface area contributed by atoms with Crippen LogP contribution in [0.5, 0.6) is 0 Å². The van der Waals surface area contributed by atoms with E-state index in [1.165, 1.54) is 0 Å². The average Bonchev–Trinajstić information content (AvgIpc) is 2.72. The van der Waals surface area contributed by atoms with Crippen LogP contribution in [0, 0.1) is 0 Å². The van der Waals surface area contributed by atoms with E-state index in [-0.39, 0.29) is 5.91 Å². The van der Waals surface area contributed by atoms with Crippen LogP contribution in [-0.4, -0.2) is 33.7 Å². The molecule has 0 radical (unpaired) electrons. The Morgan fingerprint density at radius 3 is 2.72 bits per heavy atom. The maximum Gasteiger partial charge on any atom is 0.273 e. The molecule has 2 N–H and O–H groups in total. The molecule has 0 unspecified atom stereocenters. The topological polar surface area (TPSA) is 57.8 Å². The molecular formula is C12H18BrN3OS. The molecule has 2 rings (SSSR count). The smallest absolute Gasteiger partial charge is 0.273 e. The Morgan fingerprint density at radius 2 is 2.17 bits per heavy atom. The summed E-state index contributed by atoms with van der Waals surface area (Å²) in [4.78, 5) is 12.1. The minimum Gasteiger partial charge on any atom is -0.348 e. The standard InChI is InChI=1S/C12H18BrN3OS/c1-7(2)10-9(13)11(16-15-10)12(17)14-8-3-5-18-6-4-8/h7-8H,3-6H2,1-2H3,(H,14,17)(H,15,16). The highest BCUT2D eigenvalue weighted by atomic mass is 79.9. The third-order valence-electron chi connectivity index (χ3n) is 3.08. The van der Waals surface area contributed by atoms with Crippen LogP contribution in [0.4, 0.5) is 0 Å². The number of amides is 1. The highest BCUT2D eigenvalue weighted by Crippen LogP contribution is 2.26. The van der Waals surface area contributed by atoms with Crippen molar-refractivity contribution in [1.29, 1.82) is 0 Å². The van der Waals surface area contributed by atoms with Gasteiger partial charge in [-0.05, 0) is 46.2 Å². The zero-order valence-electron chi connectivity index (χ0n) is 10.6.